The van der Waals surface area contributed by atoms with E-state index in [-0.39, 0.29) is 0 Å². The van der Waals surface area contributed by atoms with E-state index in [9.17, 15) is 4.21 Å². The Kier molecular flexibility index (Phi) is 5.01. The van der Waals surface area contributed by atoms with E-state index in [2.05, 4.69) is 23.5 Å². The maximum Gasteiger partial charge on any atom is 0.231 e. The number of piperidine rings is 1. The van der Waals surface area contributed by atoms with Crippen molar-refractivity contribution in [2.75, 3.05) is 13.1 Å². The van der Waals surface area contributed by atoms with E-state index < -0.39 is 11.3 Å². The van der Waals surface area contributed by atoms with Gasteiger partial charge in [0.05, 0.1) is 0 Å². The highest BCUT2D eigenvalue weighted by molar-refractivity contribution is 7.77. The van der Waals surface area contributed by atoms with E-state index in [1.807, 2.05) is 0 Å². The largest absolute Gasteiger partial charge is 0.297 e. The Bertz CT molecular complexity index is 199. The van der Waals surface area contributed by atoms with Crippen molar-refractivity contribution in [3.63, 3.8) is 0 Å². The molecule has 0 aromatic rings. The van der Waals surface area contributed by atoms with E-state index in [4.69, 9.17) is 4.55 Å². The molecule has 0 bridgehead atoms. The fourth-order valence-electron chi connectivity index (χ4n) is 2.09. The van der Waals surface area contributed by atoms with Gasteiger partial charge in [-0.25, -0.2) is 8.93 Å². The zero-order valence-electron chi connectivity index (χ0n) is 8.90. The Hall–Kier alpha value is 0.0300. The number of hydrogen-bond acceptors (Lipinski definition) is 2. The third-order valence-electron chi connectivity index (χ3n) is 2.78. The summed E-state index contributed by atoms with van der Waals surface area (Å²) in [6.07, 6.45) is 3.60. The number of nitrogens with zero attached hydrogens (tertiary/aromatic N) is 1. The van der Waals surface area contributed by atoms with Crippen molar-refractivity contribution in [3.8, 4) is 0 Å². The molecule has 0 radical (unpaired) electrons. The molecule has 84 valence electrons. The Morgan fingerprint density at radius 3 is 2.86 bits per heavy atom. The van der Waals surface area contributed by atoms with Gasteiger partial charge in [-0.2, -0.15) is 0 Å². The maximum absolute atomic E-state index is 10.5. The monoisotopic (exact) mass is 220 g/mol. The molecule has 0 saturated carbocycles. The van der Waals surface area contributed by atoms with Crippen LogP contribution in [0.3, 0.4) is 0 Å². The van der Waals surface area contributed by atoms with Crippen LogP contribution in [0, 0.1) is 0 Å². The molecule has 14 heavy (non-hydrogen) atoms. The van der Waals surface area contributed by atoms with E-state index in [1.54, 1.807) is 0 Å². The van der Waals surface area contributed by atoms with Crippen molar-refractivity contribution < 1.29 is 8.76 Å². The van der Waals surface area contributed by atoms with Crippen molar-refractivity contribution in [2.45, 2.75) is 45.2 Å². The van der Waals surface area contributed by atoms with Crippen LogP contribution in [0.25, 0.3) is 0 Å². The molecule has 0 amide bonds. The number of hydrogen-bond donors (Lipinski definition) is 2. The van der Waals surface area contributed by atoms with Gasteiger partial charge < -0.3 is 0 Å². The molecule has 1 aliphatic rings. The van der Waals surface area contributed by atoms with Crippen molar-refractivity contribution in [3.05, 3.63) is 0 Å². The second kappa shape index (κ2) is 5.80. The van der Waals surface area contributed by atoms with Gasteiger partial charge in [0.15, 0.2) is 0 Å². The van der Waals surface area contributed by atoms with E-state index >= 15 is 0 Å². The maximum atomic E-state index is 10.5. The van der Waals surface area contributed by atoms with E-state index in [0.717, 1.165) is 13.0 Å². The molecule has 0 spiro atoms. The van der Waals surface area contributed by atoms with Crippen LogP contribution in [0.2, 0.25) is 0 Å². The SMILES string of the molecule is CC(C)N1CCCCC1CNS(=O)O. The lowest BCUT2D eigenvalue weighted by Gasteiger charge is -2.38. The first kappa shape index (κ1) is 12.1. The summed E-state index contributed by atoms with van der Waals surface area (Å²) < 4.78 is 21.7. The first-order chi connectivity index (χ1) is 6.61. The van der Waals surface area contributed by atoms with Crippen LogP contribution in [0.5, 0.6) is 0 Å². The number of likely N-dealkylation sites (tertiary alicyclic amines) is 1. The van der Waals surface area contributed by atoms with Crippen LogP contribution in [-0.2, 0) is 11.3 Å². The summed E-state index contributed by atoms with van der Waals surface area (Å²) in [5.74, 6) is 0. The van der Waals surface area contributed by atoms with Gasteiger partial charge in [-0.3, -0.25) is 9.45 Å². The molecular formula is C9H20N2O2S. The minimum Gasteiger partial charge on any atom is -0.297 e. The summed E-state index contributed by atoms with van der Waals surface area (Å²) in [6.45, 7) is 6.08. The summed E-state index contributed by atoms with van der Waals surface area (Å²) in [4.78, 5) is 2.41. The third-order valence-corrected chi connectivity index (χ3v) is 3.19. The minimum absolute atomic E-state index is 0.417. The Balaban J connectivity index is 2.41. The normalized spacial score (nSPS) is 26.7. The molecule has 1 rings (SSSR count). The van der Waals surface area contributed by atoms with Gasteiger partial charge in [0.1, 0.15) is 0 Å². The Morgan fingerprint density at radius 2 is 2.29 bits per heavy atom. The summed E-state index contributed by atoms with van der Waals surface area (Å²) in [7, 11) is 0. The minimum atomic E-state index is -1.87. The van der Waals surface area contributed by atoms with Crippen molar-refractivity contribution in [2.24, 2.45) is 0 Å². The highest BCUT2D eigenvalue weighted by Gasteiger charge is 2.24. The topological polar surface area (TPSA) is 52.6 Å². The van der Waals surface area contributed by atoms with Gasteiger partial charge in [0.2, 0.25) is 11.3 Å². The summed E-state index contributed by atoms with van der Waals surface area (Å²) in [5, 5.41) is 0. The van der Waals surface area contributed by atoms with Gasteiger partial charge >= 0.3 is 0 Å². The molecule has 1 heterocycles. The standard InChI is InChI=1S/C9H20N2O2S/c1-8(2)11-6-4-3-5-9(11)7-10-14(12)13/h8-10H,3-7H2,1-2H3,(H,12,13). The van der Waals surface area contributed by atoms with Gasteiger partial charge in [-0.15, -0.1) is 0 Å². The zero-order chi connectivity index (χ0) is 10.6. The quantitative estimate of drug-likeness (QED) is 0.694. The molecule has 0 aromatic carbocycles. The lowest BCUT2D eigenvalue weighted by atomic mass is 10.0. The van der Waals surface area contributed by atoms with Gasteiger partial charge in [0.25, 0.3) is 0 Å². The van der Waals surface area contributed by atoms with Crippen LogP contribution in [0.15, 0.2) is 0 Å². The lowest BCUT2D eigenvalue weighted by molar-refractivity contribution is 0.114. The van der Waals surface area contributed by atoms with Crippen LogP contribution >= 0.6 is 0 Å². The van der Waals surface area contributed by atoms with E-state index in [1.165, 1.54) is 12.8 Å². The predicted octanol–water partition coefficient (Wildman–Crippen LogP) is 0.976. The van der Waals surface area contributed by atoms with Crippen LogP contribution in [0.4, 0.5) is 0 Å². The van der Waals surface area contributed by atoms with Crippen molar-refractivity contribution >= 4 is 11.3 Å². The highest BCUT2D eigenvalue weighted by Crippen LogP contribution is 2.18. The molecule has 5 heteroatoms. The Morgan fingerprint density at radius 1 is 1.57 bits per heavy atom. The van der Waals surface area contributed by atoms with Crippen LogP contribution in [-0.4, -0.2) is 38.8 Å². The average molecular weight is 220 g/mol. The third kappa shape index (κ3) is 3.65. The lowest BCUT2D eigenvalue weighted by Crippen LogP contribution is -2.48. The smallest absolute Gasteiger partial charge is 0.231 e. The van der Waals surface area contributed by atoms with Crippen LogP contribution < -0.4 is 4.72 Å². The number of rotatable bonds is 4. The van der Waals surface area contributed by atoms with Gasteiger partial charge in [0, 0.05) is 18.6 Å². The molecule has 2 unspecified atom stereocenters. The fraction of sp³-hybridized carbons (Fsp3) is 1.00. The van der Waals surface area contributed by atoms with Crippen molar-refractivity contribution in [1.82, 2.24) is 9.62 Å². The second-order valence-electron chi connectivity index (χ2n) is 4.08. The first-order valence-electron chi connectivity index (χ1n) is 5.21. The highest BCUT2D eigenvalue weighted by atomic mass is 32.2. The summed E-state index contributed by atoms with van der Waals surface area (Å²) >= 11 is -1.87. The Labute approximate surface area is 88.5 Å². The molecule has 2 atom stereocenters. The zero-order valence-corrected chi connectivity index (χ0v) is 9.72. The number of nitrogens with one attached hydrogen (secondary N) is 1. The molecular weight excluding hydrogens is 200 g/mol. The predicted molar refractivity (Wildman–Crippen MR) is 58.3 cm³/mol. The van der Waals surface area contributed by atoms with Gasteiger partial charge in [-0.05, 0) is 33.2 Å². The molecule has 1 aliphatic heterocycles. The molecule has 1 fully saturated rings. The van der Waals surface area contributed by atoms with Crippen LogP contribution in [0.1, 0.15) is 33.1 Å². The first-order valence-corrected chi connectivity index (χ1v) is 6.32. The summed E-state index contributed by atoms with van der Waals surface area (Å²) in [6, 6.07) is 0.939. The summed E-state index contributed by atoms with van der Waals surface area (Å²) in [5.41, 5.74) is 0. The van der Waals surface area contributed by atoms with Crippen molar-refractivity contribution in [1.29, 1.82) is 0 Å². The van der Waals surface area contributed by atoms with Gasteiger partial charge in [-0.1, -0.05) is 6.42 Å². The fourth-order valence-corrected chi connectivity index (χ4v) is 2.42. The average Bonchev–Trinajstić information content (AvgIpc) is 2.15. The molecule has 0 aliphatic carbocycles. The molecule has 0 aromatic heterocycles. The molecule has 2 N–H and O–H groups in total. The van der Waals surface area contributed by atoms with E-state index in [0.29, 0.717) is 18.6 Å². The molecule has 4 nitrogen and oxygen atoms in total. The molecule has 1 saturated heterocycles. The second-order valence-corrected chi connectivity index (χ2v) is 4.87.